The smallest absolute Gasteiger partial charge is 0.244 e. The molecular formula is C15H21BrN2O. The van der Waals surface area contributed by atoms with E-state index < -0.39 is 0 Å². The lowest BCUT2D eigenvalue weighted by atomic mass is 10.0. The SMILES string of the molecule is CCNC1CCCN(c2ccc(Br)cc2CC)C1=O. The average Bonchev–Trinajstić information content (AvgIpc) is 2.42. The van der Waals surface area contributed by atoms with Crippen molar-refractivity contribution in [1.82, 2.24) is 5.32 Å². The quantitative estimate of drug-likeness (QED) is 0.922. The molecule has 1 aliphatic heterocycles. The number of piperidine rings is 1. The van der Waals surface area contributed by atoms with Crippen LogP contribution in [0.4, 0.5) is 5.69 Å². The Bertz CT molecular complexity index is 459. The molecule has 1 amide bonds. The highest BCUT2D eigenvalue weighted by molar-refractivity contribution is 9.10. The Balaban J connectivity index is 2.27. The fraction of sp³-hybridized carbons (Fsp3) is 0.533. The van der Waals surface area contributed by atoms with Gasteiger partial charge in [-0.3, -0.25) is 4.79 Å². The van der Waals surface area contributed by atoms with E-state index in [1.807, 2.05) is 17.9 Å². The zero-order valence-corrected chi connectivity index (χ0v) is 13.2. The number of halogens is 1. The monoisotopic (exact) mass is 324 g/mol. The van der Waals surface area contributed by atoms with Gasteiger partial charge in [0.1, 0.15) is 0 Å². The number of amides is 1. The number of carbonyl (C=O) groups is 1. The van der Waals surface area contributed by atoms with Gasteiger partial charge < -0.3 is 10.2 Å². The van der Waals surface area contributed by atoms with Crippen molar-refractivity contribution < 1.29 is 4.79 Å². The molecule has 104 valence electrons. The Kier molecular flexibility index (Phi) is 4.99. The number of carbonyl (C=O) groups excluding carboxylic acids is 1. The average molecular weight is 325 g/mol. The summed E-state index contributed by atoms with van der Waals surface area (Å²) in [7, 11) is 0. The molecule has 0 bridgehead atoms. The summed E-state index contributed by atoms with van der Waals surface area (Å²) < 4.78 is 1.07. The van der Waals surface area contributed by atoms with Crippen LogP contribution in [-0.4, -0.2) is 25.0 Å². The minimum absolute atomic E-state index is 0.0212. The number of anilines is 1. The first-order valence-electron chi connectivity index (χ1n) is 7.00. The zero-order chi connectivity index (χ0) is 13.8. The lowest BCUT2D eigenvalue weighted by Crippen LogP contribution is -2.51. The number of hydrogen-bond acceptors (Lipinski definition) is 2. The van der Waals surface area contributed by atoms with Gasteiger partial charge in [0, 0.05) is 16.7 Å². The van der Waals surface area contributed by atoms with Crippen molar-refractivity contribution in [1.29, 1.82) is 0 Å². The second kappa shape index (κ2) is 6.53. The Hall–Kier alpha value is -0.870. The third kappa shape index (κ3) is 3.18. The number of aryl methyl sites for hydroxylation is 1. The molecule has 1 atom stereocenters. The highest BCUT2D eigenvalue weighted by Gasteiger charge is 2.29. The third-order valence-corrected chi connectivity index (χ3v) is 4.10. The van der Waals surface area contributed by atoms with E-state index in [9.17, 15) is 4.79 Å². The molecule has 0 spiro atoms. The third-order valence-electron chi connectivity index (χ3n) is 3.60. The van der Waals surface area contributed by atoms with Gasteiger partial charge in [0.15, 0.2) is 0 Å². The van der Waals surface area contributed by atoms with Crippen LogP contribution in [0.5, 0.6) is 0 Å². The van der Waals surface area contributed by atoms with Crippen molar-refractivity contribution in [3.8, 4) is 0 Å². The molecule has 4 heteroatoms. The normalized spacial score (nSPS) is 19.8. The fourth-order valence-electron chi connectivity index (χ4n) is 2.65. The van der Waals surface area contributed by atoms with E-state index >= 15 is 0 Å². The molecule has 0 aliphatic carbocycles. The van der Waals surface area contributed by atoms with E-state index in [0.29, 0.717) is 0 Å². The van der Waals surface area contributed by atoms with Crippen LogP contribution in [0.1, 0.15) is 32.3 Å². The Labute approximate surface area is 123 Å². The highest BCUT2D eigenvalue weighted by Crippen LogP contribution is 2.28. The van der Waals surface area contributed by atoms with E-state index in [-0.39, 0.29) is 11.9 Å². The van der Waals surface area contributed by atoms with E-state index in [0.717, 1.165) is 42.5 Å². The topological polar surface area (TPSA) is 32.3 Å². The molecule has 0 saturated carbocycles. The maximum Gasteiger partial charge on any atom is 0.244 e. The van der Waals surface area contributed by atoms with Crippen molar-refractivity contribution >= 4 is 27.5 Å². The summed E-state index contributed by atoms with van der Waals surface area (Å²) in [6, 6.07) is 6.15. The zero-order valence-electron chi connectivity index (χ0n) is 11.6. The summed E-state index contributed by atoms with van der Waals surface area (Å²) >= 11 is 3.50. The number of rotatable bonds is 4. The van der Waals surface area contributed by atoms with Crippen LogP contribution in [-0.2, 0) is 11.2 Å². The molecule has 0 aromatic heterocycles. The van der Waals surface area contributed by atoms with Crippen LogP contribution >= 0.6 is 15.9 Å². The number of nitrogens with zero attached hydrogens (tertiary/aromatic N) is 1. The van der Waals surface area contributed by atoms with Gasteiger partial charge in [0.05, 0.1) is 6.04 Å². The van der Waals surface area contributed by atoms with Gasteiger partial charge in [-0.25, -0.2) is 0 Å². The largest absolute Gasteiger partial charge is 0.311 e. The number of benzene rings is 1. The lowest BCUT2D eigenvalue weighted by molar-refractivity contribution is -0.121. The molecule has 1 aromatic carbocycles. The van der Waals surface area contributed by atoms with Crippen LogP contribution in [0, 0.1) is 0 Å². The van der Waals surface area contributed by atoms with Crippen molar-refractivity contribution in [2.75, 3.05) is 18.0 Å². The summed E-state index contributed by atoms with van der Waals surface area (Å²) in [5, 5.41) is 3.28. The van der Waals surface area contributed by atoms with Gasteiger partial charge in [0.25, 0.3) is 0 Å². The van der Waals surface area contributed by atoms with Gasteiger partial charge >= 0.3 is 0 Å². The van der Waals surface area contributed by atoms with Crippen LogP contribution in [0.3, 0.4) is 0 Å². The first-order chi connectivity index (χ1) is 9.17. The molecule has 1 heterocycles. The maximum atomic E-state index is 12.5. The molecule has 0 radical (unpaired) electrons. The van der Waals surface area contributed by atoms with Crippen molar-refractivity contribution in [3.63, 3.8) is 0 Å². The second-order valence-electron chi connectivity index (χ2n) is 4.87. The summed E-state index contributed by atoms with van der Waals surface area (Å²) in [6.45, 7) is 5.84. The molecular weight excluding hydrogens is 304 g/mol. The first-order valence-corrected chi connectivity index (χ1v) is 7.79. The van der Waals surface area contributed by atoms with Crippen LogP contribution in [0.15, 0.2) is 22.7 Å². The molecule has 1 unspecified atom stereocenters. The summed E-state index contributed by atoms with van der Waals surface area (Å²) in [5.74, 6) is 0.213. The molecule has 3 nitrogen and oxygen atoms in total. The standard InChI is InChI=1S/C15H21BrN2O/c1-3-11-10-12(16)7-8-14(11)18-9-5-6-13(15(18)19)17-4-2/h7-8,10,13,17H,3-6,9H2,1-2H3. The van der Waals surface area contributed by atoms with Crippen LogP contribution in [0.2, 0.25) is 0 Å². The van der Waals surface area contributed by atoms with Crippen LogP contribution < -0.4 is 10.2 Å². The Morgan fingerprint density at radius 1 is 1.42 bits per heavy atom. The van der Waals surface area contributed by atoms with Crippen molar-refractivity contribution in [2.24, 2.45) is 0 Å². The summed E-state index contributed by atoms with van der Waals surface area (Å²) in [4.78, 5) is 14.5. The summed E-state index contributed by atoms with van der Waals surface area (Å²) in [6.07, 6.45) is 2.94. The van der Waals surface area contributed by atoms with Gasteiger partial charge in [0.2, 0.25) is 5.91 Å². The number of hydrogen-bond donors (Lipinski definition) is 1. The van der Waals surface area contributed by atoms with Gasteiger partial charge in [-0.15, -0.1) is 0 Å². The van der Waals surface area contributed by atoms with Crippen molar-refractivity contribution in [2.45, 2.75) is 39.2 Å². The van der Waals surface area contributed by atoms with Gasteiger partial charge in [-0.2, -0.15) is 0 Å². The molecule has 1 fully saturated rings. The molecule has 1 aromatic rings. The molecule has 2 rings (SSSR count). The van der Waals surface area contributed by atoms with Crippen LogP contribution in [0.25, 0.3) is 0 Å². The minimum Gasteiger partial charge on any atom is -0.311 e. The maximum absolute atomic E-state index is 12.5. The van der Waals surface area contributed by atoms with Gasteiger partial charge in [-0.05, 0) is 49.6 Å². The Morgan fingerprint density at radius 2 is 2.21 bits per heavy atom. The number of nitrogens with one attached hydrogen (secondary N) is 1. The van der Waals surface area contributed by atoms with E-state index in [4.69, 9.17) is 0 Å². The highest BCUT2D eigenvalue weighted by atomic mass is 79.9. The summed E-state index contributed by atoms with van der Waals surface area (Å²) in [5.41, 5.74) is 2.29. The molecule has 1 saturated heterocycles. The van der Waals surface area contributed by atoms with E-state index in [1.54, 1.807) is 0 Å². The molecule has 19 heavy (non-hydrogen) atoms. The van der Waals surface area contributed by atoms with Gasteiger partial charge in [-0.1, -0.05) is 29.8 Å². The fourth-order valence-corrected chi connectivity index (χ4v) is 3.06. The van der Waals surface area contributed by atoms with Crippen molar-refractivity contribution in [3.05, 3.63) is 28.2 Å². The second-order valence-corrected chi connectivity index (χ2v) is 5.78. The predicted molar refractivity (Wildman–Crippen MR) is 82.6 cm³/mol. The first kappa shape index (κ1) is 14.5. The Morgan fingerprint density at radius 3 is 2.89 bits per heavy atom. The predicted octanol–water partition coefficient (Wildman–Crippen LogP) is 3.12. The van der Waals surface area contributed by atoms with E-state index in [1.165, 1.54) is 5.56 Å². The lowest BCUT2D eigenvalue weighted by Gasteiger charge is -2.33. The molecule has 1 aliphatic rings. The number of likely N-dealkylation sites (N-methyl/N-ethyl adjacent to an activating group) is 1. The minimum atomic E-state index is -0.0212. The molecule has 1 N–H and O–H groups in total. The van der Waals surface area contributed by atoms with E-state index in [2.05, 4.69) is 40.3 Å².